The Bertz CT molecular complexity index is 1860. The van der Waals surface area contributed by atoms with E-state index >= 15 is 0 Å². The van der Waals surface area contributed by atoms with E-state index in [0.717, 1.165) is 11.1 Å². The van der Waals surface area contributed by atoms with E-state index in [2.05, 4.69) is 4.99 Å². The number of fused-ring (bicyclic) bond motifs is 1. The molecule has 5 rings (SSSR count). The molecule has 0 bridgehead atoms. The molecule has 10 heteroatoms. The predicted octanol–water partition coefficient (Wildman–Crippen LogP) is 4.40. The summed E-state index contributed by atoms with van der Waals surface area (Å²) in [6, 6.07) is 19.8. The van der Waals surface area contributed by atoms with Gasteiger partial charge in [0.2, 0.25) is 0 Å². The lowest BCUT2D eigenvalue weighted by Crippen LogP contribution is -2.40. The van der Waals surface area contributed by atoms with Crippen molar-refractivity contribution in [2.45, 2.75) is 26.5 Å². The number of aromatic nitrogens is 1. The van der Waals surface area contributed by atoms with Crippen LogP contribution in [0, 0.1) is 0 Å². The molecule has 2 heterocycles. The molecule has 0 N–H and O–H groups in total. The standard InChI is InChI=1S/C33H32N2O7S/c1-6-41-32(37)29-20(2)34-33-35(30(29)24-14-13-23(38-3)18-26(24)39-4)31(36)28(43-33)17-22-12-15-25(27(16-22)40-5)42-19-21-10-8-7-9-11-21/h7-18,30H,6,19H2,1-5H3/b28-17-/t30-/m1/s1. The van der Waals surface area contributed by atoms with Crippen LogP contribution in [0.15, 0.2) is 87.8 Å². The van der Waals surface area contributed by atoms with Gasteiger partial charge in [-0.3, -0.25) is 9.36 Å². The number of methoxy groups -OCH3 is 3. The van der Waals surface area contributed by atoms with Gasteiger partial charge in [-0.15, -0.1) is 0 Å². The Morgan fingerprint density at radius 3 is 2.42 bits per heavy atom. The molecule has 222 valence electrons. The van der Waals surface area contributed by atoms with Crippen LogP contribution in [0.5, 0.6) is 23.0 Å². The summed E-state index contributed by atoms with van der Waals surface area (Å²) in [6.07, 6.45) is 1.78. The minimum Gasteiger partial charge on any atom is -0.497 e. The third kappa shape index (κ3) is 6.05. The van der Waals surface area contributed by atoms with Gasteiger partial charge in [0.15, 0.2) is 16.3 Å². The summed E-state index contributed by atoms with van der Waals surface area (Å²) in [4.78, 5) is 32.4. The average molecular weight is 601 g/mol. The van der Waals surface area contributed by atoms with Gasteiger partial charge in [0.05, 0.1) is 43.7 Å². The van der Waals surface area contributed by atoms with Gasteiger partial charge in [-0.1, -0.05) is 47.7 Å². The Kier molecular flexibility index (Phi) is 8.96. The van der Waals surface area contributed by atoms with Crippen molar-refractivity contribution in [1.29, 1.82) is 0 Å². The van der Waals surface area contributed by atoms with Gasteiger partial charge in [-0.25, -0.2) is 9.79 Å². The van der Waals surface area contributed by atoms with Gasteiger partial charge in [0.1, 0.15) is 24.1 Å². The van der Waals surface area contributed by atoms with Crippen LogP contribution < -0.4 is 33.8 Å². The second kappa shape index (κ2) is 13.0. The van der Waals surface area contributed by atoms with Crippen LogP contribution >= 0.6 is 11.3 Å². The Morgan fingerprint density at radius 2 is 1.72 bits per heavy atom. The molecule has 0 saturated carbocycles. The second-order valence-corrected chi connectivity index (χ2v) is 10.6. The largest absolute Gasteiger partial charge is 0.497 e. The molecule has 0 saturated heterocycles. The average Bonchev–Trinajstić information content (AvgIpc) is 3.33. The highest BCUT2D eigenvalue weighted by Gasteiger charge is 2.35. The number of hydrogen-bond donors (Lipinski definition) is 0. The molecule has 43 heavy (non-hydrogen) atoms. The molecule has 0 spiro atoms. The first-order valence-corrected chi connectivity index (χ1v) is 14.5. The Labute approximate surface area is 252 Å². The van der Waals surface area contributed by atoms with E-state index in [1.807, 2.05) is 48.5 Å². The third-order valence-electron chi connectivity index (χ3n) is 6.97. The highest BCUT2D eigenvalue weighted by atomic mass is 32.1. The van der Waals surface area contributed by atoms with Crippen LogP contribution in [0.3, 0.4) is 0 Å². The fourth-order valence-electron chi connectivity index (χ4n) is 4.91. The van der Waals surface area contributed by atoms with E-state index in [0.29, 0.717) is 50.2 Å². The van der Waals surface area contributed by atoms with Crippen molar-refractivity contribution >= 4 is 23.4 Å². The van der Waals surface area contributed by atoms with E-state index in [1.54, 1.807) is 52.3 Å². The van der Waals surface area contributed by atoms with Gasteiger partial charge in [0.25, 0.3) is 5.56 Å². The number of nitrogens with zero attached hydrogens (tertiary/aromatic N) is 2. The summed E-state index contributed by atoms with van der Waals surface area (Å²) in [5, 5.41) is 0. The SMILES string of the molecule is CCOC(=O)C1=C(C)N=c2s/c(=C\c3ccc(OCc4ccccc4)c(OC)c3)c(=O)n2[C@@H]1c1ccc(OC)cc1OC. The molecule has 3 aromatic carbocycles. The minimum absolute atomic E-state index is 0.180. The van der Waals surface area contributed by atoms with Crippen molar-refractivity contribution in [2.75, 3.05) is 27.9 Å². The number of benzene rings is 3. The van der Waals surface area contributed by atoms with Gasteiger partial charge in [-0.05, 0) is 55.3 Å². The maximum atomic E-state index is 14.0. The lowest BCUT2D eigenvalue weighted by molar-refractivity contribution is -0.139. The second-order valence-electron chi connectivity index (χ2n) is 9.59. The lowest BCUT2D eigenvalue weighted by atomic mass is 9.95. The Balaban J connectivity index is 1.59. The fourth-order valence-corrected chi connectivity index (χ4v) is 5.96. The summed E-state index contributed by atoms with van der Waals surface area (Å²) >= 11 is 1.24. The molecule has 9 nitrogen and oxygen atoms in total. The monoisotopic (exact) mass is 600 g/mol. The molecule has 0 amide bonds. The van der Waals surface area contributed by atoms with Gasteiger partial charge >= 0.3 is 5.97 Å². The van der Waals surface area contributed by atoms with E-state index in [9.17, 15) is 9.59 Å². The van der Waals surface area contributed by atoms with Gasteiger partial charge < -0.3 is 23.7 Å². The highest BCUT2D eigenvalue weighted by Crippen LogP contribution is 2.37. The topological polar surface area (TPSA) is 97.6 Å². The number of thiazole rings is 1. The minimum atomic E-state index is -0.818. The van der Waals surface area contributed by atoms with Crippen LogP contribution in [0.25, 0.3) is 6.08 Å². The van der Waals surface area contributed by atoms with Gasteiger partial charge in [0, 0.05) is 11.6 Å². The number of esters is 1. The van der Waals surface area contributed by atoms with Gasteiger partial charge in [-0.2, -0.15) is 0 Å². The van der Waals surface area contributed by atoms with Crippen molar-refractivity contribution < 1.29 is 28.5 Å². The zero-order valence-corrected chi connectivity index (χ0v) is 25.4. The number of rotatable bonds is 10. The maximum absolute atomic E-state index is 14.0. The van der Waals surface area contributed by atoms with Crippen molar-refractivity contribution in [3.8, 4) is 23.0 Å². The predicted molar refractivity (Wildman–Crippen MR) is 164 cm³/mol. The number of hydrogen-bond acceptors (Lipinski definition) is 9. The first-order chi connectivity index (χ1) is 20.9. The zero-order valence-electron chi connectivity index (χ0n) is 24.6. The molecule has 1 aromatic heterocycles. The first-order valence-electron chi connectivity index (χ1n) is 13.6. The molecule has 0 fully saturated rings. The van der Waals surface area contributed by atoms with Crippen molar-refractivity contribution in [1.82, 2.24) is 4.57 Å². The van der Waals surface area contributed by atoms with E-state index in [1.165, 1.54) is 23.0 Å². The Hall–Kier alpha value is -4.83. The number of carbonyl (C=O) groups excluding carboxylic acids is 1. The number of allylic oxidation sites excluding steroid dienone is 1. The third-order valence-corrected chi connectivity index (χ3v) is 7.96. The van der Waals surface area contributed by atoms with Crippen LogP contribution in [-0.2, 0) is 16.1 Å². The fraction of sp³-hybridized carbons (Fsp3) is 0.242. The maximum Gasteiger partial charge on any atom is 0.338 e. The van der Waals surface area contributed by atoms with Crippen LogP contribution in [0.1, 0.15) is 36.6 Å². The van der Waals surface area contributed by atoms with Crippen LogP contribution in [0.4, 0.5) is 0 Å². The number of ether oxygens (including phenoxy) is 5. The van der Waals surface area contributed by atoms with Crippen molar-refractivity contribution in [2.24, 2.45) is 4.99 Å². The molecule has 0 aliphatic carbocycles. The number of carbonyl (C=O) groups is 1. The Morgan fingerprint density at radius 1 is 0.953 bits per heavy atom. The van der Waals surface area contributed by atoms with Crippen LogP contribution in [0.2, 0.25) is 0 Å². The summed E-state index contributed by atoms with van der Waals surface area (Å²) in [5.41, 5.74) is 2.82. The lowest BCUT2D eigenvalue weighted by Gasteiger charge is -2.26. The highest BCUT2D eigenvalue weighted by molar-refractivity contribution is 7.07. The zero-order chi connectivity index (χ0) is 30.5. The normalized spacial score (nSPS) is 14.5. The molecule has 1 aliphatic rings. The molecule has 0 unspecified atom stereocenters. The quantitative estimate of drug-likeness (QED) is 0.249. The van der Waals surface area contributed by atoms with Crippen molar-refractivity contribution in [3.63, 3.8) is 0 Å². The summed E-state index contributed by atoms with van der Waals surface area (Å²) in [6.45, 7) is 4.05. The smallest absolute Gasteiger partial charge is 0.338 e. The molecule has 1 aliphatic heterocycles. The molecular formula is C33H32N2O7S. The summed E-state index contributed by atoms with van der Waals surface area (Å²) in [5.74, 6) is 1.63. The summed E-state index contributed by atoms with van der Waals surface area (Å²) < 4.78 is 30.0. The molecule has 0 radical (unpaired) electrons. The molecule has 4 aromatic rings. The van der Waals surface area contributed by atoms with Crippen molar-refractivity contribution in [3.05, 3.63) is 114 Å². The van der Waals surface area contributed by atoms with Crippen LogP contribution in [-0.4, -0.2) is 38.5 Å². The van der Waals surface area contributed by atoms with E-state index in [4.69, 9.17) is 23.7 Å². The molecule has 1 atom stereocenters. The van der Waals surface area contributed by atoms with E-state index in [-0.39, 0.29) is 17.7 Å². The summed E-state index contributed by atoms with van der Waals surface area (Å²) in [7, 11) is 4.66. The molecular weight excluding hydrogens is 568 g/mol. The van der Waals surface area contributed by atoms with E-state index < -0.39 is 12.0 Å². The first kappa shape index (κ1) is 29.7.